The third kappa shape index (κ3) is 2.63. The monoisotopic (exact) mass is 209 g/mol. The van der Waals surface area contributed by atoms with Crippen molar-refractivity contribution < 1.29 is 19.7 Å². The molecule has 0 atom stereocenters. The third-order valence-electron chi connectivity index (χ3n) is 1.74. The molecule has 0 aliphatic carbocycles. The van der Waals surface area contributed by atoms with E-state index in [2.05, 4.69) is 0 Å². The highest BCUT2D eigenvalue weighted by Crippen LogP contribution is 2.36. The summed E-state index contributed by atoms with van der Waals surface area (Å²) in [6.45, 7) is 0. The van der Waals surface area contributed by atoms with Crippen LogP contribution in [-0.4, -0.2) is 23.2 Å². The second-order valence-corrected chi connectivity index (χ2v) is 2.83. The van der Waals surface area contributed by atoms with E-state index in [9.17, 15) is 15.0 Å². The lowest BCUT2D eigenvalue weighted by atomic mass is 10.1. The molecule has 4 N–H and O–H groups in total. The van der Waals surface area contributed by atoms with Gasteiger partial charge in [-0.2, -0.15) is 0 Å². The minimum absolute atomic E-state index is 0.124. The first-order valence-electron chi connectivity index (χ1n) is 4.12. The Bertz CT molecular complexity index is 412. The molecule has 0 spiro atoms. The second kappa shape index (κ2) is 4.36. The van der Waals surface area contributed by atoms with Crippen LogP contribution in [0.5, 0.6) is 17.2 Å². The molecular weight excluding hydrogens is 198 g/mol. The van der Waals surface area contributed by atoms with Crippen LogP contribution in [0.4, 0.5) is 0 Å². The Balaban J connectivity index is 3.11. The number of aromatic hydroxyl groups is 2. The van der Waals surface area contributed by atoms with Crippen molar-refractivity contribution in [2.45, 2.75) is 0 Å². The SMILES string of the molecule is COc1cc(/C=C\C(N)=O)cc(O)c1O. The van der Waals surface area contributed by atoms with Gasteiger partial charge in [-0.05, 0) is 23.8 Å². The second-order valence-electron chi connectivity index (χ2n) is 2.83. The van der Waals surface area contributed by atoms with Gasteiger partial charge in [0.1, 0.15) is 0 Å². The molecule has 0 aliphatic rings. The molecule has 0 aromatic heterocycles. The lowest BCUT2D eigenvalue weighted by molar-refractivity contribution is -0.113. The molecule has 0 fully saturated rings. The number of phenolic OH excluding ortho intramolecular Hbond substituents is 2. The first-order chi connectivity index (χ1) is 7.04. The Morgan fingerprint density at radius 1 is 1.47 bits per heavy atom. The van der Waals surface area contributed by atoms with Gasteiger partial charge in [-0.25, -0.2) is 0 Å². The molecule has 0 saturated heterocycles. The summed E-state index contributed by atoms with van der Waals surface area (Å²) in [6.07, 6.45) is 2.55. The van der Waals surface area contributed by atoms with Crippen LogP contribution >= 0.6 is 0 Å². The topological polar surface area (TPSA) is 92.8 Å². The zero-order chi connectivity index (χ0) is 11.4. The van der Waals surface area contributed by atoms with Crippen molar-refractivity contribution in [1.29, 1.82) is 0 Å². The third-order valence-corrected chi connectivity index (χ3v) is 1.74. The fourth-order valence-electron chi connectivity index (χ4n) is 1.04. The van der Waals surface area contributed by atoms with Crippen LogP contribution in [0.25, 0.3) is 6.08 Å². The number of rotatable bonds is 3. The standard InChI is InChI=1S/C10H11NO4/c1-15-8-5-6(2-3-9(11)13)4-7(12)10(8)14/h2-5,12,14H,1H3,(H2,11,13)/b3-2-. The van der Waals surface area contributed by atoms with Crippen molar-refractivity contribution in [2.24, 2.45) is 5.73 Å². The highest BCUT2D eigenvalue weighted by molar-refractivity contribution is 5.90. The number of carbonyl (C=O) groups is 1. The number of carbonyl (C=O) groups excluding carboxylic acids is 1. The molecule has 1 amide bonds. The molecule has 5 nitrogen and oxygen atoms in total. The smallest absolute Gasteiger partial charge is 0.241 e. The van der Waals surface area contributed by atoms with Crippen molar-refractivity contribution >= 4 is 12.0 Å². The number of hydrogen-bond acceptors (Lipinski definition) is 4. The normalized spacial score (nSPS) is 10.5. The average Bonchev–Trinajstić information content (AvgIpc) is 2.19. The van der Waals surface area contributed by atoms with Gasteiger partial charge >= 0.3 is 0 Å². The molecule has 80 valence electrons. The summed E-state index contributed by atoms with van der Waals surface area (Å²) in [4.78, 5) is 10.5. The van der Waals surface area contributed by atoms with Crippen molar-refractivity contribution in [3.05, 3.63) is 23.8 Å². The zero-order valence-electron chi connectivity index (χ0n) is 8.10. The number of amides is 1. The van der Waals surface area contributed by atoms with E-state index < -0.39 is 5.91 Å². The van der Waals surface area contributed by atoms with E-state index in [4.69, 9.17) is 10.5 Å². The first kappa shape index (κ1) is 10.9. The summed E-state index contributed by atoms with van der Waals surface area (Å²) in [6, 6.07) is 2.76. The van der Waals surface area contributed by atoms with Crippen LogP contribution in [0.3, 0.4) is 0 Å². The summed E-state index contributed by atoms with van der Waals surface area (Å²) in [5.74, 6) is -1.13. The number of benzene rings is 1. The Labute approximate surface area is 86.4 Å². The van der Waals surface area contributed by atoms with Crippen molar-refractivity contribution in [3.63, 3.8) is 0 Å². The average molecular weight is 209 g/mol. The largest absolute Gasteiger partial charge is 0.504 e. The molecule has 0 radical (unpaired) electrons. The highest BCUT2D eigenvalue weighted by Gasteiger charge is 2.07. The molecule has 0 heterocycles. The zero-order valence-corrected chi connectivity index (χ0v) is 8.10. The van der Waals surface area contributed by atoms with Crippen LogP contribution in [0, 0.1) is 0 Å². The molecule has 15 heavy (non-hydrogen) atoms. The van der Waals surface area contributed by atoms with E-state index in [1.165, 1.54) is 25.3 Å². The lowest BCUT2D eigenvalue weighted by Gasteiger charge is -2.06. The fourth-order valence-corrected chi connectivity index (χ4v) is 1.04. The molecule has 1 aromatic carbocycles. The number of ether oxygens (including phenoxy) is 1. The van der Waals surface area contributed by atoms with Crippen LogP contribution in [0.15, 0.2) is 18.2 Å². The van der Waals surface area contributed by atoms with Crippen molar-refractivity contribution in [2.75, 3.05) is 7.11 Å². The molecule has 1 rings (SSSR count). The van der Waals surface area contributed by atoms with Gasteiger partial charge in [0.05, 0.1) is 7.11 Å². The highest BCUT2D eigenvalue weighted by atomic mass is 16.5. The van der Waals surface area contributed by atoms with E-state index in [-0.39, 0.29) is 17.2 Å². The number of nitrogens with two attached hydrogens (primary N) is 1. The molecule has 0 aliphatic heterocycles. The maximum Gasteiger partial charge on any atom is 0.241 e. The molecule has 0 unspecified atom stereocenters. The van der Waals surface area contributed by atoms with Gasteiger partial charge in [-0.1, -0.05) is 0 Å². The summed E-state index contributed by atoms with van der Waals surface area (Å²) < 4.78 is 4.81. The fraction of sp³-hybridized carbons (Fsp3) is 0.100. The minimum atomic E-state index is -0.596. The van der Waals surface area contributed by atoms with Gasteiger partial charge in [-0.3, -0.25) is 4.79 Å². The van der Waals surface area contributed by atoms with Gasteiger partial charge < -0.3 is 20.7 Å². The maximum atomic E-state index is 10.5. The van der Waals surface area contributed by atoms with Crippen LogP contribution < -0.4 is 10.5 Å². The van der Waals surface area contributed by atoms with E-state index in [1.807, 2.05) is 0 Å². The van der Waals surface area contributed by atoms with Gasteiger partial charge in [-0.15, -0.1) is 0 Å². The number of methoxy groups -OCH3 is 1. The number of hydrogen-bond donors (Lipinski definition) is 3. The quantitative estimate of drug-likeness (QED) is 0.502. The number of phenols is 2. The Hall–Kier alpha value is -2.17. The molecule has 0 bridgehead atoms. The number of primary amides is 1. The molecule has 0 saturated carbocycles. The van der Waals surface area contributed by atoms with Gasteiger partial charge in [0.15, 0.2) is 11.5 Å². The summed E-state index contributed by atoms with van der Waals surface area (Å²) in [7, 11) is 1.36. The van der Waals surface area contributed by atoms with Crippen LogP contribution in [-0.2, 0) is 4.79 Å². The van der Waals surface area contributed by atoms with Crippen molar-refractivity contribution in [1.82, 2.24) is 0 Å². The van der Waals surface area contributed by atoms with Crippen LogP contribution in [0.2, 0.25) is 0 Å². The summed E-state index contributed by atoms with van der Waals surface area (Å²) >= 11 is 0. The summed E-state index contributed by atoms with van der Waals surface area (Å²) in [5, 5.41) is 18.6. The van der Waals surface area contributed by atoms with E-state index in [0.717, 1.165) is 6.08 Å². The lowest BCUT2D eigenvalue weighted by Crippen LogP contribution is -2.05. The molecule has 1 aromatic rings. The van der Waals surface area contributed by atoms with E-state index >= 15 is 0 Å². The maximum absolute atomic E-state index is 10.5. The van der Waals surface area contributed by atoms with Gasteiger partial charge in [0.25, 0.3) is 0 Å². The summed E-state index contributed by atoms with van der Waals surface area (Å²) in [5.41, 5.74) is 5.41. The van der Waals surface area contributed by atoms with Gasteiger partial charge in [0.2, 0.25) is 11.7 Å². The Morgan fingerprint density at radius 2 is 2.13 bits per heavy atom. The van der Waals surface area contributed by atoms with Crippen molar-refractivity contribution in [3.8, 4) is 17.2 Å². The Morgan fingerprint density at radius 3 is 2.67 bits per heavy atom. The van der Waals surface area contributed by atoms with Crippen LogP contribution in [0.1, 0.15) is 5.56 Å². The van der Waals surface area contributed by atoms with E-state index in [0.29, 0.717) is 5.56 Å². The Kier molecular flexibility index (Phi) is 3.17. The predicted molar refractivity (Wildman–Crippen MR) is 54.6 cm³/mol. The first-order valence-corrected chi connectivity index (χ1v) is 4.12. The molecule has 5 heteroatoms. The van der Waals surface area contributed by atoms with Gasteiger partial charge in [0, 0.05) is 6.08 Å². The van der Waals surface area contributed by atoms with E-state index in [1.54, 1.807) is 0 Å². The minimum Gasteiger partial charge on any atom is -0.504 e. The predicted octanol–water partition coefficient (Wildman–Crippen LogP) is 0.605. The molecular formula is C10H11NO4.